The Morgan fingerprint density at radius 2 is 1.73 bits per heavy atom. The minimum atomic E-state index is -0.286. The molecule has 0 aromatic rings. The Morgan fingerprint density at radius 1 is 1.05 bits per heavy atom. The van der Waals surface area contributed by atoms with E-state index in [2.05, 4.69) is 13.8 Å². The van der Waals surface area contributed by atoms with Crippen LogP contribution in [0.2, 0.25) is 0 Å². The molecule has 3 heteroatoms. The maximum atomic E-state index is 12.9. The number of aliphatic hydroxyl groups is 1. The molecule has 6 atom stereocenters. The maximum Gasteiger partial charge on any atom is 0.159 e. The molecule has 1 N–H and O–H groups in total. The molecule has 0 radical (unpaired) electrons. The van der Waals surface area contributed by atoms with Gasteiger partial charge in [0.05, 0.1) is 6.10 Å². The average molecular weight is 302 g/mol. The van der Waals surface area contributed by atoms with Crippen molar-refractivity contribution < 1.29 is 14.7 Å². The van der Waals surface area contributed by atoms with Crippen LogP contribution in [0.3, 0.4) is 0 Å². The second-order valence-corrected chi connectivity index (χ2v) is 8.54. The second-order valence-electron chi connectivity index (χ2n) is 8.54. The largest absolute Gasteiger partial charge is 0.393 e. The number of rotatable bonds is 0. The van der Waals surface area contributed by atoms with E-state index < -0.39 is 0 Å². The highest BCUT2D eigenvalue weighted by Crippen LogP contribution is 2.63. The Morgan fingerprint density at radius 3 is 2.50 bits per heavy atom. The average Bonchev–Trinajstić information content (AvgIpc) is 2.77. The van der Waals surface area contributed by atoms with Crippen LogP contribution in [0.15, 0.2) is 11.6 Å². The molecule has 0 aliphatic heterocycles. The molecule has 5 unspecified atom stereocenters. The molecular weight excluding hydrogens is 276 g/mol. The molecule has 3 nitrogen and oxygen atoms in total. The van der Waals surface area contributed by atoms with E-state index in [1.54, 1.807) is 0 Å². The summed E-state index contributed by atoms with van der Waals surface area (Å²) in [6.45, 7) is 4.40. The van der Waals surface area contributed by atoms with E-state index >= 15 is 0 Å². The summed E-state index contributed by atoms with van der Waals surface area (Å²) in [6.07, 6.45) is 7.51. The Hall–Kier alpha value is -0.960. The van der Waals surface area contributed by atoms with Gasteiger partial charge in [-0.15, -0.1) is 0 Å². The van der Waals surface area contributed by atoms with E-state index in [4.69, 9.17) is 0 Å². The molecule has 3 saturated carbocycles. The molecular formula is C19H26O3. The third kappa shape index (κ3) is 1.72. The zero-order valence-corrected chi connectivity index (χ0v) is 13.6. The van der Waals surface area contributed by atoms with Crippen LogP contribution in [0.5, 0.6) is 0 Å². The van der Waals surface area contributed by atoms with Crippen LogP contribution >= 0.6 is 0 Å². The van der Waals surface area contributed by atoms with Crippen LogP contribution in [0.25, 0.3) is 0 Å². The van der Waals surface area contributed by atoms with Crippen molar-refractivity contribution in [1.29, 1.82) is 0 Å². The number of fused-ring (bicyclic) bond motifs is 5. The topological polar surface area (TPSA) is 54.4 Å². The first kappa shape index (κ1) is 14.6. The van der Waals surface area contributed by atoms with Crippen LogP contribution in [-0.2, 0) is 9.59 Å². The predicted molar refractivity (Wildman–Crippen MR) is 83.1 cm³/mol. The lowest BCUT2D eigenvalue weighted by Crippen LogP contribution is -2.53. The van der Waals surface area contributed by atoms with E-state index in [1.165, 1.54) is 5.57 Å². The molecule has 0 amide bonds. The number of carbonyl (C=O) groups is 2. The highest BCUT2D eigenvalue weighted by molar-refractivity contribution is 5.96. The van der Waals surface area contributed by atoms with Crippen molar-refractivity contribution in [3.8, 4) is 0 Å². The summed E-state index contributed by atoms with van der Waals surface area (Å²) < 4.78 is 0. The summed E-state index contributed by atoms with van der Waals surface area (Å²) in [5.74, 6) is 1.26. The molecule has 4 aliphatic carbocycles. The fourth-order valence-corrected chi connectivity index (χ4v) is 6.16. The highest BCUT2D eigenvalue weighted by Gasteiger charge is 2.60. The standard InChI is InChI=1S/C19H26O3/c1-18-7-5-12(20)9-11(18)10-15(21)17-13-3-4-16(22)19(13,2)8-6-14(17)18/h10,12-14,17,20H,3-9H2,1-2H3/t12?,13?,14?,17?,18-,19?/m0/s1. The number of aliphatic hydroxyl groups excluding tert-OH is 1. The van der Waals surface area contributed by atoms with Crippen molar-refractivity contribution in [3.63, 3.8) is 0 Å². The minimum Gasteiger partial charge on any atom is -0.393 e. The van der Waals surface area contributed by atoms with Gasteiger partial charge in [0.15, 0.2) is 5.78 Å². The van der Waals surface area contributed by atoms with Crippen LogP contribution < -0.4 is 0 Å². The predicted octanol–water partition coefficient (Wildman–Crippen LogP) is 3.06. The molecule has 0 aromatic carbocycles. The van der Waals surface area contributed by atoms with Crippen molar-refractivity contribution in [3.05, 3.63) is 11.6 Å². The Balaban J connectivity index is 1.76. The van der Waals surface area contributed by atoms with E-state index in [9.17, 15) is 14.7 Å². The van der Waals surface area contributed by atoms with E-state index in [0.29, 0.717) is 24.5 Å². The molecule has 120 valence electrons. The van der Waals surface area contributed by atoms with Gasteiger partial charge in [0.1, 0.15) is 5.78 Å². The molecule has 0 aromatic heterocycles. The molecule has 22 heavy (non-hydrogen) atoms. The number of carbonyl (C=O) groups excluding carboxylic acids is 2. The monoisotopic (exact) mass is 302 g/mol. The smallest absolute Gasteiger partial charge is 0.159 e. The summed E-state index contributed by atoms with van der Waals surface area (Å²) in [5.41, 5.74) is 0.975. The van der Waals surface area contributed by atoms with Crippen molar-refractivity contribution >= 4 is 11.6 Å². The number of hydrogen-bond acceptors (Lipinski definition) is 3. The maximum absolute atomic E-state index is 12.9. The Bertz CT molecular complexity index is 577. The third-order valence-electron chi connectivity index (χ3n) is 7.63. The van der Waals surface area contributed by atoms with Gasteiger partial charge in [-0.25, -0.2) is 0 Å². The lowest BCUT2D eigenvalue weighted by atomic mass is 9.48. The van der Waals surface area contributed by atoms with Crippen LogP contribution in [0.1, 0.15) is 58.8 Å². The van der Waals surface area contributed by atoms with Gasteiger partial charge in [-0.05, 0) is 61.9 Å². The Labute approximate surface area is 132 Å². The second kappa shape index (κ2) is 4.53. The van der Waals surface area contributed by atoms with E-state index in [0.717, 1.165) is 32.1 Å². The van der Waals surface area contributed by atoms with E-state index in [-0.39, 0.29) is 34.6 Å². The summed E-state index contributed by atoms with van der Waals surface area (Å²) in [6, 6.07) is 0. The van der Waals surface area contributed by atoms with Crippen molar-refractivity contribution in [2.75, 3.05) is 0 Å². The summed E-state index contributed by atoms with van der Waals surface area (Å²) in [7, 11) is 0. The SMILES string of the molecule is CC12CCC3C(C(=O)C=C4CC(O)CC[C@@]43C)C1CCC2=O. The van der Waals surface area contributed by atoms with Gasteiger partial charge < -0.3 is 5.11 Å². The molecule has 4 rings (SSSR count). The summed E-state index contributed by atoms with van der Waals surface area (Å²) >= 11 is 0. The first-order valence-corrected chi connectivity index (χ1v) is 8.82. The zero-order chi connectivity index (χ0) is 15.7. The molecule has 0 bridgehead atoms. The van der Waals surface area contributed by atoms with Crippen molar-refractivity contribution in [2.24, 2.45) is 28.6 Å². The normalized spacial score (nSPS) is 51.0. The van der Waals surface area contributed by atoms with Gasteiger partial charge in [0, 0.05) is 17.8 Å². The first-order valence-electron chi connectivity index (χ1n) is 8.82. The van der Waals surface area contributed by atoms with Crippen molar-refractivity contribution in [2.45, 2.75) is 64.9 Å². The third-order valence-corrected chi connectivity index (χ3v) is 7.63. The fourth-order valence-electron chi connectivity index (χ4n) is 6.16. The van der Waals surface area contributed by atoms with Crippen LogP contribution in [-0.4, -0.2) is 22.8 Å². The van der Waals surface area contributed by atoms with Crippen LogP contribution in [0, 0.1) is 28.6 Å². The zero-order valence-electron chi connectivity index (χ0n) is 13.6. The summed E-state index contributed by atoms with van der Waals surface area (Å²) in [4.78, 5) is 25.2. The number of hydrogen-bond donors (Lipinski definition) is 1. The quantitative estimate of drug-likeness (QED) is 0.748. The van der Waals surface area contributed by atoms with Gasteiger partial charge in [0.25, 0.3) is 0 Å². The molecule has 4 aliphatic rings. The number of allylic oxidation sites excluding steroid dienone is 1. The van der Waals surface area contributed by atoms with Crippen LogP contribution in [0.4, 0.5) is 0 Å². The molecule has 3 fully saturated rings. The van der Waals surface area contributed by atoms with Gasteiger partial charge in [0.2, 0.25) is 0 Å². The highest BCUT2D eigenvalue weighted by atomic mass is 16.3. The minimum absolute atomic E-state index is 0.0363. The van der Waals surface area contributed by atoms with Gasteiger partial charge in [-0.2, -0.15) is 0 Å². The molecule has 0 spiro atoms. The summed E-state index contributed by atoms with van der Waals surface area (Å²) in [5, 5.41) is 9.97. The van der Waals surface area contributed by atoms with Crippen molar-refractivity contribution in [1.82, 2.24) is 0 Å². The lowest BCUT2D eigenvalue weighted by Gasteiger charge is -2.55. The Kier molecular flexibility index (Phi) is 3.01. The first-order chi connectivity index (χ1) is 10.4. The van der Waals surface area contributed by atoms with Gasteiger partial charge in [-0.3, -0.25) is 9.59 Å². The lowest BCUT2D eigenvalue weighted by molar-refractivity contribution is -0.139. The number of Topliss-reactive ketones (excluding diaryl/α,β-unsaturated/α-hetero) is 1. The van der Waals surface area contributed by atoms with Gasteiger partial charge in [-0.1, -0.05) is 19.4 Å². The van der Waals surface area contributed by atoms with Gasteiger partial charge >= 0.3 is 0 Å². The fraction of sp³-hybridized carbons (Fsp3) is 0.789. The van der Waals surface area contributed by atoms with E-state index in [1.807, 2.05) is 6.08 Å². The molecule has 0 saturated heterocycles. The molecule has 0 heterocycles. The number of ketones is 2.